The molecular weight excluding hydrogens is 174 g/mol. The number of hydrogen-bond donors (Lipinski definition) is 0. The van der Waals surface area contributed by atoms with E-state index in [2.05, 4.69) is 6.58 Å². The van der Waals surface area contributed by atoms with Crippen molar-refractivity contribution in [3.05, 3.63) is 48.0 Å². The first-order valence-electron chi connectivity index (χ1n) is 4.52. The quantitative estimate of drug-likeness (QED) is 0.524. The number of benzene rings is 1. The molecule has 0 aromatic heterocycles. The lowest BCUT2D eigenvalue weighted by molar-refractivity contribution is 0.124. The molecule has 0 atom stereocenters. The molecule has 0 fully saturated rings. The molecule has 0 unspecified atom stereocenters. The van der Waals surface area contributed by atoms with E-state index in [4.69, 9.17) is 10.00 Å². The number of hydrogen-bond acceptors (Lipinski definition) is 2. The van der Waals surface area contributed by atoms with Crippen LogP contribution in [0.2, 0.25) is 0 Å². The van der Waals surface area contributed by atoms with Crippen molar-refractivity contribution in [2.24, 2.45) is 0 Å². The Balaban J connectivity index is 2.17. The highest BCUT2D eigenvalue weighted by Crippen LogP contribution is 2.02. The molecule has 1 aromatic carbocycles. The van der Waals surface area contributed by atoms with Crippen molar-refractivity contribution in [3.8, 4) is 6.07 Å². The Bertz CT molecular complexity index is 324. The summed E-state index contributed by atoms with van der Waals surface area (Å²) in [7, 11) is 0. The van der Waals surface area contributed by atoms with Crippen LogP contribution in [-0.2, 0) is 11.3 Å². The molecule has 0 aliphatic carbocycles. The van der Waals surface area contributed by atoms with E-state index in [1.807, 2.05) is 36.4 Å². The maximum Gasteiger partial charge on any atom is 0.0941 e. The van der Waals surface area contributed by atoms with Gasteiger partial charge in [0.25, 0.3) is 0 Å². The van der Waals surface area contributed by atoms with Crippen molar-refractivity contribution in [2.45, 2.75) is 13.0 Å². The fourth-order valence-corrected chi connectivity index (χ4v) is 1.02. The second kappa shape index (κ2) is 5.95. The maximum atomic E-state index is 8.45. The predicted molar refractivity (Wildman–Crippen MR) is 55.5 cm³/mol. The smallest absolute Gasteiger partial charge is 0.0941 e. The fraction of sp³-hybridized carbons (Fsp3) is 0.250. The van der Waals surface area contributed by atoms with Gasteiger partial charge < -0.3 is 4.74 Å². The van der Waals surface area contributed by atoms with Gasteiger partial charge in [0, 0.05) is 12.0 Å². The van der Waals surface area contributed by atoms with Crippen LogP contribution in [0.15, 0.2) is 42.5 Å². The molecule has 0 bridgehead atoms. The van der Waals surface area contributed by atoms with Gasteiger partial charge in [-0.2, -0.15) is 5.26 Å². The first-order valence-corrected chi connectivity index (χ1v) is 4.52. The first-order chi connectivity index (χ1) is 6.83. The second-order valence-corrected chi connectivity index (χ2v) is 3.00. The summed E-state index contributed by atoms with van der Waals surface area (Å²) in [5, 5.41) is 8.45. The third-order valence-corrected chi connectivity index (χ3v) is 1.82. The minimum absolute atomic E-state index is 0.557. The van der Waals surface area contributed by atoms with Crippen molar-refractivity contribution in [3.63, 3.8) is 0 Å². The van der Waals surface area contributed by atoms with Gasteiger partial charge in [-0.15, -0.1) is 0 Å². The van der Waals surface area contributed by atoms with Gasteiger partial charge in [-0.3, -0.25) is 0 Å². The Morgan fingerprint density at radius 3 is 2.71 bits per heavy atom. The van der Waals surface area contributed by atoms with Crippen LogP contribution in [0, 0.1) is 11.3 Å². The Morgan fingerprint density at radius 1 is 1.36 bits per heavy atom. The molecule has 1 rings (SSSR count). The summed E-state index contributed by atoms with van der Waals surface area (Å²) >= 11 is 0. The van der Waals surface area contributed by atoms with Crippen molar-refractivity contribution in [1.29, 1.82) is 5.26 Å². The number of rotatable bonds is 5. The van der Waals surface area contributed by atoms with Gasteiger partial charge in [0.1, 0.15) is 0 Å². The van der Waals surface area contributed by atoms with Crippen LogP contribution < -0.4 is 0 Å². The van der Waals surface area contributed by atoms with Gasteiger partial charge in [0.15, 0.2) is 0 Å². The number of nitriles is 1. The standard InChI is InChI=1S/C12H13NO/c1-11(9-13)7-8-14-10-12-5-3-2-4-6-12/h2-6H,1,7-8,10H2. The Kier molecular flexibility index (Phi) is 4.46. The average Bonchev–Trinajstić information content (AvgIpc) is 2.25. The highest BCUT2D eigenvalue weighted by molar-refractivity contribution is 5.15. The van der Waals surface area contributed by atoms with Crippen LogP contribution in [0.1, 0.15) is 12.0 Å². The van der Waals surface area contributed by atoms with E-state index in [0.29, 0.717) is 25.2 Å². The maximum absolute atomic E-state index is 8.45. The predicted octanol–water partition coefficient (Wildman–Crippen LogP) is 2.67. The zero-order chi connectivity index (χ0) is 10.2. The summed E-state index contributed by atoms with van der Waals surface area (Å²) in [4.78, 5) is 0. The largest absolute Gasteiger partial charge is 0.376 e. The summed E-state index contributed by atoms with van der Waals surface area (Å²) in [6.45, 7) is 4.73. The van der Waals surface area contributed by atoms with Crippen LogP contribution in [0.25, 0.3) is 0 Å². The van der Waals surface area contributed by atoms with E-state index in [-0.39, 0.29) is 0 Å². The second-order valence-electron chi connectivity index (χ2n) is 3.00. The molecule has 0 radical (unpaired) electrons. The van der Waals surface area contributed by atoms with Crippen molar-refractivity contribution >= 4 is 0 Å². The highest BCUT2D eigenvalue weighted by Gasteiger charge is 1.93. The van der Waals surface area contributed by atoms with Crippen molar-refractivity contribution < 1.29 is 4.74 Å². The SMILES string of the molecule is C=C(C#N)CCOCc1ccccc1. The highest BCUT2D eigenvalue weighted by atomic mass is 16.5. The zero-order valence-electron chi connectivity index (χ0n) is 8.07. The Labute approximate surface area is 84.4 Å². The van der Waals surface area contributed by atoms with E-state index in [1.54, 1.807) is 0 Å². The molecule has 0 saturated heterocycles. The molecule has 14 heavy (non-hydrogen) atoms. The lowest BCUT2D eigenvalue weighted by Gasteiger charge is -2.02. The molecule has 0 heterocycles. The van der Waals surface area contributed by atoms with Gasteiger partial charge >= 0.3 is 0 Å². The summed E-state index contributed by atoms with van der Waals surface area (Å²) in [6, 6.07) is 11.9. The number of ether oxygens (including phenoxy) is 1. The molecule has 1 aromatic rings. The van der Waals surface area contributed by atoms with E-state index in [1.165, 1.54) is 0 Å². The molecule has 72 valence electrons. The molecule has 0 amide bonds. The first kappa shape index (κ1) is 10.5. The lowest BCUT2D eigenvalue weighted by Crippen LogP contribution is -1.95. The topological polar surface area (TPSA) is 33.0 Å². The third-order valence-electron chi connectivity index (χ3n) is 1.82. The van der Waals surface area contributed by atoms with Gasteiger partial charge in [-0.25, -0.2) is 0 Å². The molecule has 0 spiro atoms. The summed E-state index contributed by atoms with van der Waals surface area (Å²) in [5.41, 5.74) is 1.72. The van der Waals surface area contributed by atoms with E-state index < -0.39 is 0 Å². The van der Waals surface area contributed by atoms with Crippen molar-refractivity contribution in [2.75, 3.05) is 6.61 Å². The Morgan fingerprint density at radius 2 is 2.07 bits per heavy atom. The zero-order valence-corrected chi connectivity index (χ0v) is 8.07. The third kappa shape index (κ3) is 3.88. The molecule has 0 N–H and O–H groups in total. The van der Waals surface area contributed by atoms with Gasteiger partial charge in [-0.1, -0.05) is 36.9 Å². The summed E-state index contributed by atoms with van der Waals surface area (Å²) < 4.78 is 5.38. The number of nitrogens with zero attached hydrogens (tertiary/aromatic N) is 1. The van der Waals surface area contributed by atoms with Gasteiger partial charge in [-0.05, 0) is 5.56 Å². The molecule has 0 aliphatic heterocycles. The van der Waals surface area contributed by atoms with Crippen LogP contribution >= 0.6 is 0 Å². The lowest BCUT2D eigenvalue weighted by atomic mass is 10.2. The molecular formula is C12H13NO. The fourth-order valence-electron chi connectivity index (χ4n) is 1.02. The monoisotopic (exact) mass is 187 g/mol. The van der Waals surface area contributed by atoms with Gasteiger partial charge in [0.05, 0.1) is 19.3 Å². The van der Waals surface area contributed by atoms with E-state index in [0.717, 1.165) is 5.56 Å². The normalized spacial score (nSPS) is 9.36. The van der Waals surface area contributed by atoms with E-state index in [9.17, 15) is 0 Å². The average molecular weight is 187 g/mol. The van der Waals surface area contributed by atoms with Crippen LogP contribution in [-0.4, -0.2) is 6.61 Å². The Hall–Kier alpha value is -1.59. The van der Waals surface area contributed by atoms with Crippen LogP contribution in [0.4, 0.5) is 0 Å². The molecule has 2 heteroatoms. The van der Waals surface area contributed by atoms with Crippen molar-refractivity contribution in [1.82, 2.24) is 0 Å². The van der Waals surface area contributed by atoms with Crippen LogP contribution in [0.3, 0.4) is 0 Å². The molecule has 0 aliphatic rings. The van der Waals surface area contributed by atoms with E-state index >= 15 is 0 Å². The van der Waals surface area contributed by atoms with Gasteiger partial charge in [0.2, 0.25) is 0 Å². The molecule has 0 saturated carbocycles. The minimum atomic E-state index is 0.557. The van der Waals surface area contributed by atoms with Crippen LogP contribution in [0.5, 0.6) is 0 Å². The summed E-state index contributed by atoms with van der Waals surface area (Å²) in [5.74, 6) is 0. The summed E-state index contributed by atoms with van der Waals surface area (Å²) in [6.07, 6.45) is 0.614. The molecule has 2 nitrogen and oxygen atoms in total. The minimum Gasteiger partial charge on any atom is -0.376 e.